The van der Waals surface area contributed by atoms with Gasteiger partial charge < -0.3 is 25.0 Å². The van der Waals surface area contributed by atoms with Crippen LogP contribution in [0.25, 0.3) is 0 Å². The predicted octanol–water partition coefficient (Wildman–Crippen LogP) is 5.49. The first-order valence-electron chi connectivity index (χ1n) is 14.0. The SMILES string of the molecule is COc1cc(OC)c(Cl)c(N2Cc3cnc(Nc4cccnc4)nc3N(Cc3cccc(NC(=O)/C=C/CN(C)C)c3)C2=O)c1. The molecule has 0 aliphatic carbocycles. The number of aromatic nitrogens is 3. The zero-order valence-corrected chi connectivity index (χ0v) is 26.1. The number of nitrogens with one attached hydrogen (secondary N) is 2. The number of ether oxygens (including phenoxy) is 2. The molecule has 232 valence electrons. The molecule has 45 heavy (non-hydrogen) atoms. The number of hydrogen-bond acceptors (Lipinski definition) is 9. The summed E-state index contributed by atoms with van der Waals surface area (Å²) >= 11 is 6.72. The molecule has 5 rings (SSSR count). The first-order valence-corrected chi connectivity index (χ1v) is 14.4. The maximum absolute atomic E-state index is 14.3. The van der Waals surface area contributed by atoms with Crippen LogP contribution < -0.4 is 29.9 Å². The third kappa shape index (κ3) is 7.48. The lowest BCUT2D eigenvalue weighted by Crippen LogP contribution is -2.47. The van der Waals surface area contributed by atoms with Gasteiger partial charge in [-0.1, -0.05) is 29.8 Å². The molecule has 12 nitrogen and oxygen atoms in total. The van der Waals surface area contributed by atoms with Crippen LogP contribution in [0.4, 0.5) is 33.6 Å². The van der Waals surface area contributed by atoms with E-state index in [1.54, 1.807) is 53.8 Å². The van der Waals surface area contributed by atoms with Gasteiger partial charge in [0.1, 0.15) is 22.3 Å². The van der Waals surface area contributed by atoms with E-state index in [0.29, 0.717) is 52.4 Å². The second kappa shape index (κ2) is 14.1. The van der Waals surface area contributed by atoms with Crippen LogP contribution in [0, 0.1) is 0 Å². The van der Waals surface area contributed by atoms with Gasteiger partial charge in [0.25, 0.3) is 0 Å². The Hall–Kier alpha value is -5.20. The number of methoxy groups -OCH3 is 2. The molecule has 0 bridgehead atoms. The zero-order valence-electron chi connectivity index (χ0n) is 25.3. The molecule has 4 aromatic rings. The number of rotatable bonds is 11. The van der Waals surface area contributed by atoms with Gasteiger partial charge in [-0.2, -0.15) is 4.98 Å². The average molecular weight is 629 g/mol. The number of likely N-dealkylation sites (N-methyl/N-ethyl adjacent to an activating group) is 1. The summed E-state index contributed by atoms with van der Waals surface area (Å²) in [6.45, 7) is 0.941. The van der Waals surface area contributed by atoms with Crippen molar-refractivity contribution in [1.29, 1.82) is 0 Å². The molecule has 1 aliphatic rings. The predicted molar refractivity (Wildman–Crippen MR) is 175 cm³/mol. The van der Waals surface area contributed by atoms with Gasteiger partial charge in [-0.25, -0.2) is 9.78 Å². The van der Waals surface area contributed by atoms with Crippen molar-refractivity contribution in [3.05, 3.63) is 95.4 Å². The van der Waals surface area contributed by atoms with Crippen LogP contribution in [0.3, 0.4) is 0 Å². The molecule has 1 aliphatic heterocycles. The first kappa shape index (κ1) is 31.2. The number of amides is 3. The van der Waals surface area contributed by atoms with E-state index < -0.39 is 0 Å². The van der Waals surface area contributed by atoms with Crippen LogP contribution >= 0.6 is 11.6 Å². The number of hydrogen-bond donors (Lipinski definition) is 2. The number of benzene rings is 2. The van der Waals surface area contributed by atoms with Gasteiger partial charge in [-0.15, -0.1) is 0 Å². The number of urea groups is 1. The summed E-state index contributed by atoms with van der Waals surface area (Å²) in [7, 11) is 6.88. The number of nitrogens with zero attached hydrogens (tertiary/aromatic N) is 6. The topological polar surface area (TPSA) is 125 Å². The van der Waals surface area contributed by atoms with Crippen molar-refractivity contribution in [3.8, 4) is 11.5 Å². The average Bonchev–Trinajstić information content (AvgIpc) is 3.03. The van der Waals surface area contributed by atoms with Crippen molar-refractivity contribution in [2.24, 2.45) is 0 Å². The maximum Gasteiger partial charge on any atom is 0.330 e. The van der Waals surface area contributed by atoms with Crippen LogP contribution in [0.2, 0.25) is 5.02 Å². The highest BCUT2D eigenvalue weighted by Gasteiger charge is 2.35. The lowest BCUT2D eigenvalue weighted by molar-refractivity contribution is -0.111. The molecule has 3 amide bonds. The standard InChI is InChI=1S/C32H33ClN8O4/c1-39(2)13-7-11-28(42)36-23-9-5-8-21(14-23)19-41-30-22(17-35-31(38-30)37-24-10-6-12-34-18-24)20-40(32(41)43)26-15-25(44-3)16-27(45-4)29(26)33/h5-12,14-18H,13,19-20H2,1-4H3,(H,36,42)(H,35,37,38)/b11-7+. The fourth-order valence-electron chi connectivity index (χ4n) is 4.68. The maximum atomic E-state index is 14.3. The Balaban J connectivity index is 1.50. The molecular weight excluding hydrogens is 596 g/mol. The number of anilines is 5. The second-order valence-corrected chi connectivity index (χ2v) is 10.8. The normalized spacial score (nSPS) is 12.8. The van der Waals surface area contributed by atoms with E-state index in [0.717, 1.165) is 5.56 Å². The highest BCUT2D eigenvalue weighted by Crippen LogP contribution is 2.42. The van der Waals surface area contributed by atoms with Gasteiger partial charge in [0.15, 0.2) is 0 Å². The molecule has 2 aromatic carbocycles. The Kier molecular flexibility index (Phi) is 9.76. The van der Waals surface area contributed by atoms with Crippen molar-refractivity contribution in [2.45, 2.75) is 13.1 Å². The molecule has 2 aromatic heterocycles. The monoisotopic (exact) mass is 628 g/mol. The highest BCUT2D eigenvalue weighted by atomic mass is 35.5. The Morgan fingerprint density at radius 1 is 1.09 bits per heavy atom. The Bertz CT molecular complexity index is 1720. The molecule has 0 fully saturated rings. The van der Waals surface area contributed by atoms with E-state index in [-0.39, 0.29) is 30.1 Å². The Morgan fingerprint density at radius 2 is 1.91 bits per heavy atom. The molecule has 0 unspecified atom stereocenters. The lowest BCUT2D eigenvalue weighted by atomic mass is 10.1. The quantitative estimate of drug-likeness (QED) is 0.207. The zero-order chi connectivity index (χ0) is 31.9. The van der Waals surface area contributed by atoms with Crippen molar-refractivity contribution >= 4 is 52.4 Å². The van der Waals surface area contributed by atoms with E-state index in [1.165, 1.54) is 25.2 Å². The molecule has 0 radical (unpaired) electrons. The third-order valence-corrected chi connectivity index (χ3v) is 7.20. The second-order valence-electron chi connectivity index (χ2n) is 10.4. The van der Waals surface area contributed by atoms with Crippen molar-refractivity contribution in [3.63, 3.8) is 0 Å². The van der Waals surface area contributed by atoms with Crippen LogP contribution in [0.1, 0.15) is 11.1 Å². The van der Waals surface area contributed by atoms with Gasteiger partial charge in [-0.3, -0.25) is 19.6 Å². The van der Waals surface area contributed by atoms with Crippen LogP contribution in [0.15, 0.2) is 79.3 Å². The number of carbonyl (C=O) groups excluding carboxylic acids is 2. The van der Waals surface area contributed by atoms with E-state index in [9.17, 15) is 9.59 Å². The molecule has 3 heterocycles. The van der Waals surface area contributed by atoms with Gasteiger partial charge >= 0.3 is 6.03 Å². The highest BCUT2D eigenvalue weighted by molar-refractivity contribution is 6.35. The summed E-state index contributed by atoms with van der Waals surface area (Å²) in [4.78, 5) is 45.2. The van der Waals surface area contributed by atoms with Crippen molar-refractivity contribution < 1.29 is 19.1 Å². The van der Waals surface area contributed by atoms with E-state index in [4.69, 9.17) is 26.1 Å². The number of pyridine rings is 1. The summed E-state index contributed by atoms with van der Waals surface area (Å²) in [5, 5.41) is 6.29. The fraction of sp³-hybridized carbons (Fsp3) is 0.219. The van der Waals surface area contributed by atoms with Crippen LogP contribution in [-0.2, 0) is 17.9 Å². The summed E-state index contributed by atoms with van der Waals surface area (Å²) in [5.41, 5.74) is 3.17. The fourth-order valence-corrected chi connectivity index (χ4v) is 4.97. The smallest absolute Gasteiger partial charge is 0.330 e. The van der Waals surface area contributed by atoms with Gasteiger partial charge in [0.05, 0.1) is 44.9 Å². The largest absolute Gasteiger partial charge is 0.497 e. The summed E-state index contributed by atoms with van der Waals surface area (Å²) in [6, 6.07) is 13.9. The van der Waals surface area contributed by atoms with Crippen LogP contribution in [0.5, 0.6) is 11.5 Å². The number of halogens is 1. The number of fused-ring (bicyclic) bond motifs is 1. The van der Waals surface area contributed by atoms with Crippen LogP contribution in [-0.4, -0.2) is 66.6 Å². The van der Waals surface area contributed by atoms with Crippen molar-refractivity contribution in [2.75, 3.05) is 55.3 Å². The molecule has 13 heteroatoms. The van der Waals surface area contributed by atoms with E-state index in [1.807, 2.05) is 43.3 Å². The van der Waals surface area contributed by atoms with Gasteiger partial charge in [0.2, 0.25) is 11.9 Å². The molecule has 0 saturated carbocycles. The van der Waals surface area contributed by atoms with E-state index >= 15 is 0 Å². The molecule has 2 N–H and O–H groups in total. The van der Waals surface area contributed by atoms with Gasteiger partial charge in [-0.05, 0) is 43.9 Å². The summed E-state index contributed by atoms with van der Waals surface area (Å²) in [5.74, 6) is 1.34. The Labute approximate surface area is 266 Å². The summed E-state index contributed by atoms with van der Waals surface area (Å²) < 4.78 is 10.9. The summed E-state index contributed by atoms with van der Waals surface area (Å²) in [6.07, 6.45) is 8.28. The minimum Gasteiger partial charge on any atom is -0.497 e. The minimum absolute atomic E-state index is 0.143. The number of carbonyl (C=O) groups is 2. The minimum atomic E-state index is -0.369. The van der Waals surface area contributed by atoms with Gasteiger partial charge in [0, 0.05) is 48.4 Å². The molecule has 0 spiro atoms. The lowest BCUT2D eigenvalue weighted by Gasteiger charge is -2.36. The van der Waals surface area contributed by atoms with E-state index in [2.05, 4.69) is 20.6 Å². The molecule has 0 saturated heterocycles. The third-order valence-electron chi connectivity index (χ3n) is 6.82. The first-order chi connectivity index (χ1) is 21.7. The van der Waals surface area contributed by atoms with Crippen molar-refractivity contribution in [1.82, 2.24) is 19.9 Å². The molecular formula is C32H33ClN8O4. The Morgan fingerprint density at radius 3 is 2.64 bits per heavy atom. The molecule has 0 atom stereocenters.